The third-order valence-corrected chi connectivity index (χ3v) is 3.13. The molecule has 0 radical (unpaired) electrons. The first-order valence-corrected chi connectivity index (χ1v) is 7.85. The first kappa shape index (κ1) is 17.0. The summed E-state index contributed by atoms with van der Waals surface area (Å²) in [5, 5.41) is 3.59. The Morgan fingerprint density at radius 3 is 2.35 bits per heavy atom. The molecule has 0 saturated heterocycles. The lowest BCUT2D eigenvalue weighted by atomic mass is 10.0. The van der Waals surface area contributed by atoms with Gasteiger partial charge in [0, 0.05) is 19.3 Å². The van der Waals surface area contributed by atoms with Crippen LogP contribution < -0.4 is 10.1 Å². The molecule has 3 heteroatoms. The summed E-state index contributed by atoms with van der Waals surface area (Å²) < 4.78 is 11.1. The van der Waals surface area contributed by atoms with Crippen molar-refractivity contribution < 1.29 is 9.47 Å². The van der Waals surface area contributed by atoms with E-state index in [1.165, 1.54) is 5.56 Å². The molecule has 1 aromatic rings. The normalized spacial score (nSPS) is 12.3. The maximum absolute atomic E-state index is 5.61. The van der Waals surface area contributed by atoms with Gasteiger partial charge in [0.1, 0.15) is 5.75 Å². The second-order valence-electron chi connectivity index (χ2n) is 4.91. The standard InChI is InChI=1S/C17H29NO2/c1-4-12-18-17(11-14-19-13-5-2)15-7-9-16(10-8-15)20-6-3/h7-10,17-18H,4-6,11-14H2,1-3H3. The average Bonchev–Trinajstić information content (AvgIpc) is 2.48. The van der Waals surface area contributed by atoms with Crippen LogP contribution in [0.15, 0.2) is 24.3 Å². The van der Waals surface area contributed by atoms with Crippen LogP contribution in [-0.2, 0) is 4.74 Å². The smallest absolute Gasteiger partial charge is 0.119 e. The zero-order valence-electron chi connectivity index (χ0n) is 13.2. The van der Waals surface area contributed by atoms with Crippen molar-refractivity contribution >= 4 is 0 Å². The second kappa shape index (κ2) is 10.7. The lowest BCUT2D eigenvalue weighted by Crippen LogP contribution is -2.23. The van der Waals surface area contributed by atoms with Gasteiger partial charge in [0.15, 0.2) is 0 Å². The van der Waals surface area contributed by atoms with E-state index in [1.807, 2.05) is 19.1 Å². The topological polar surface area (TPSA) is 30.5 Å². The number of benzene rings is 1. The van der Waals surface area contributed by atoms with Crippen LogP contribution in [0, 0.1) is 0 Å². The lowest BCUT2D eigenvalue weighted by molar-refractivity contribution is 0.124. The summed E-state index contributed by atoms with van der Waals surface area (Å²) in [6.45, 7) is 9.74. The highest BCUT2D eigenvalue weighted by Crippen LogP contribution is 2.20. The summed E-state index contributed by atoms with van der Waals surface area (Å²) in [6, 6.07) is 8.76. The van der Waals surface area contributed by atoms with Crippen LogP contribution in [-0.4, -0.2) is 26.4 Å². The van der Waals surface area contributed by atoms with E-state index in [0.29, 0.717) is 12.6 Å². The van der Waals surface area contributed by atoms with E-state index in [-0.39, 0.29) is 0 Å². The molecule has 1 aromatic carbocycles. The van der Waals surface area contributed by atoms with Crippen molar-refractivity contribution in [1.29, 1.82) is 0 Å². The quantitative estimate of drug-likeness (QED) is 0.622. The van der Waals surface area contributed by atoms with Gasteiger partial charge in [-0.3, -0.25) is 0 Å². The molecular weight excluding hydrogens is 250 g/mol. The van der Waals surface area contributed by atoms with Crippen LogP contribution >= 0.6 is 0 Å². The molecule has 0 aliphatic carbocycles. The molecule has 0 fully saturated rings. The molecule has 3 nitrogen and oxygen atoms in total. The third kappa shape index (κ3) is 6.40. The Hall–Kier alpha value is -1.06. The van der Waals surface area contributed by atoms with Gasteiger partial charge < -0.3 is 14.8 Å². The van der Waals surface area contributed by atoms with Crippen molar-refractivity contribution in [3.05, 3.63) is 29.8 Å². The van der Waals surface area contributed by atoms with E-state index in [9.17, 15) is 0 Å². The minimum Gasteiger partial charge on any atom is -0.494 e. The summed E-state index contributed by atoms with van der Waals surface area (Å²) in [6.07, 6.45) is 3.23. The van der Waals surface area contributed by atoms with E-state index >= 15 is 0 Å². The molecule has 1 atom stereocenters. The monoisotopic (exact) mass is 279 g/mol. The maximum atomic E-state index is 5.61. The number of hydrogen-bond donors (Lipinski definition) is 1. The Kier molecular flexibility index (Phi) is 9.09. The van der Waals surface area contributed by atoms with Gasteiger partial charge in [-0.25, -0.2) is 0 Å². The van der Waals surface area contributed by atoms with Crippen molar-refractivity contribution in [1.82, 2.24) is 5.32 Å². The number of nitrogens with one attached hydrogen (secondary N) is 1. The number of rotatable bonds is 11. The average molecular weight is 279 g/mol. The molecule has 0 saturated carbocycles. The van der Waals surface area contributed by atoms with E-state index in [2.05, 4.69) is 31.3 Å². The lowest BCUT2D eigenvalue weighted by Gasteiger charge is -2.19. The first-order valence-electron chi connectivity index (χ1n) is 7.85. The van der Waals surface area contributed by atoms with E-state index < -0.39 is 0 Å². The van der Waals surface area contributed by atoms with Crippen molar-refractivity contribution in [3.63, 3.8) is 0 Å². The minimum absolute atomic E-state index is 0.363. The predicted octanol–water partition coefficient (Wildman–Crippen LogP) is 3.94. The fourth-order valence-electron chi connectivity index (χ4n) is 2.12. The number of ether oxygens (including phenoxy) is 2. The highest BCUT2D eigenvalue weighted by atomic mass is 16.5. The van der Waals surface area contributed by atoms with Crippen LogP contribution in [0.2, 0.25) is 0 Å². The molecule has 0 aliphatic heterocycles. The molecule has 0 aliphatic rings. The van der Waals surface area contributed by atoms with Crippen LogP contribution in [0.5, 0.6) is 5.75 Å². The summed E-state index contributed by atoms with van der Waals surface area (Å²) >= 11 is 0. The van der Waals surface area contributed by atoms with Gasteiger partial charge >= 0.3 is 0 Å². The Morgan fingerprint density at radius 1 is 1.00 bits per heavy atom. The number of hydrogen-bond acceptors (Lipinski definition) is 3. The summed E-state index contributed by atoms with van der Waals surface area (Å²) in [5.74, 6) is 0.938. The van der Waals surface area contributed by atoms with Crippen LogP contribution in [0.4, 0.5) is 0 Å². The van der Waals surface area contributed by atoms with Gasteiger partial charge in [-0.15, -0.1) is 0 Å². The van der Waals surface area contributed by atoms with Gasteiger partial charge in [0.25, 0.3) is 0 Å². The largest absolute Gasteiger partial charge is 0.494 e. The Labute approximate surface area is 123 Å². The fraction of sp³-hybridized carbons (Fsp3) is 0.647. The SMILES string of the molecule is CCCNC(CCOCCC)c1ccc(OCC)cc1. The van der Waals surface area contributed by atoms with E-state index in [1.54, 1.807) is 0 Å². The van der Waals surface area contributed by atoms with Crippen LogP contribution in [0.25, 0.3) is 0 Å². The summed E-state index contributed by atoms with van der Waals surface area (Å²) in [7, 11) is 0. The Bertz CT molecular complexity index is 337. The highest BCUT2D eigenvalue weighted by molar-refractivity contribution is 5.29. The van der Waals surface area contributed by atoms with Crippen molar-refractivity contribution in [2.24, 2.45) is 0 Å². The molecule has 20 heavy (non-hydrogen) atoms. The fourth-order valence-corrected chi connectivity index (χ4v) is 2.12. The molecule has 0 aromatic heterocycles. The molecule has 1 unspecified atom stereocenters. The molecular formula is C17H29NO2. The van der Waals surface area contributed by atoms with Crippen molar-refractivity contribution in [2.75, 3.05) is 26.4 Å². The summed E-state index contributed by atoms with van der Waals surface area (Å²) in [4.78, 5) is 0. The second-order valence-corrected chi connectivity index (χ2v) is 4.91. The minimum atomic E-state index is 0.363. The maximum Gasteiger partial charge on any atom is 0.119 e. The predicted molar refractivity (Wildman–Crippen MR) is 84.4 cm³/mol. The molecule has 1 rings (SSSR count). The summed E-state index contributed by atoms with van der Waals surface area (Å²) in [5.41, 5.74) is 1.31. The Morgan fingerprint density at radius 2 is 1.75 bits per heavy atom. The van der Waals surface area contributed by atoms with Crippen LogP contribution in [0.3, 0.4) is 0 Å². The van der Waals surface area contributed by atoms with Gasteiger partial charge in [-0.05, 0) is 50.4 Å². The van der Waals surface area contributed by atoms with Crippen molar-refractivity contribution in [3.8, 4) is 5.75 Å². The van der Waals surface area contributed by atoms with Gasteiger partial charge in [0.2, 0.25) is 0 Å². The van der Waals surface area contributed by atoms with Gasteiger partial charge in [-0.1, -0.05) is 26.0 Å². The van der Waals surface area contributed by atoms with E-state index in [4.69, 9.17) is 9.47 Å². The first-order chi connectivity index (χ1) is 9.81. The Balaban J connectivity index is 2.56. The molecule has 114 valence electrons. The van der Waals surface area contributed by atoms with E-state index in [0.717, 1.165) is 44.8 Å². The molecule has 0 spiro atoms. The highest BCUT2D eigenvalue weighted by Gasteiger charge is 2.10. The van der Waals surface area contributed by atoms with Crippen molar-refractivity contribution in [2.45, 2.75) is 46.1 Å². The zero-order chi connectivity index (χ0) is 14.6. The van der Waals surface area contributed by atoms with Crippen LogP contribution in [0.1, 0.15) is 51.6 Å². The molecule has 1 N–H and O–H groups in total. The third-order valence-electron chi connectivity index (χ3n) is 3.13. The molecule has 0 heterocycles. The molecule has 0 amide bonds. The van der Waals surface area contributed by atoms with Gasteiger partial charge in [0.05, 0.1) is 6.61 Å². The van der Waals surface area contributed by atoms with Gasteiger partial charge in [-0.2, -0.15) is 0 Å². The molecule has 0 bridgehead atoms. The zero-order valence-corrected chi connectivity index (χ0v) is 13.2.